The van der Waals surface area contributed by atoms with Crippen molar-refractivity contribution in [3.8, 4) is 0 Å². The zero-order valence-electron chi connectivity index (χ0n) is 10.4. The molecule has 0 radical (unpaired) electrons. The molecule has 1 aromatic rings. The van der Waals surface area contributed by atoms with Crippen molar-refractivity contribution in [1.29, 1.82) is 0 Å². The van der Waals surface area contributed by atoms with Gasteiger partial charge in [0, 0.05) is 35.5 Å². The van der Waals surface area contributed by atoms with Crippen LogP contribution < -0.4 is 5.32 Å². The molecule has 1 aliphatic rings. The fraction of sp³-hybridized carbons (Fsp3) is 0.417. The van der Waals surface area contributed by atoms with Crippen molar-refractivity contribution in [2.45, 2.75) is 23.8 Å². The molecule has 0 saturated carbocycles. The predicted molar refractivity (Wildman–Crippen MR) is 70.7 cm³/mol. The van der Waals surface area contributed by atoms with E-state index >= 15 is 0 Å². The van der Waals surface area contributed by atoms with E-state index in [-0.39, 0.29) is 11.6 Å². The summed E-state index contributed by atoms with van der Waals surface area (Å²) < 4.78 is 40.9. The van der Waals surface area contributed by atoms with Crippen molar-refractivity contribution in [2.24, 2.45) is 0 Å². The van der Waals surface area contributed by atoms with Crippen LogP contribution in [0.1, 0.15) is 23.2 Å². The van der Waals surface area contributed by atoms with Gasteiger partial charge in [0.1, 0.15) is 5.82 Å². The normalized spacial score (nSPS) is 16.9. The van der Waals surface area contributed by atoms with Crippen LogP contribution in [0.3, 0.4) is 0 Å². The van der Waals surface area contributed by atoms with Gasteiger partial charge in [-0.1, -0.05) is 0 Å². The van der Waals surface area contributed by atoms with Crippen molar-refractivity contribution in [3.63, 3.8) is 0 Å². The molecule has 8 heteroatoms. The second-order valence-electron chi connectivity index (χ2n) is 4.47. The van der Waals surface area contributed by atoms with Crippen molar-refractivity contribution in [3.05, 3.63) is 29.6 Å². The highest BCUT2D eigenvalue weighted by molar-refractivity contribution is 8.13. The molecule has 0 bridgehead atoms. The van der Waals surface area contributed by atoms with E-state index in [9.17, 15) is 17.6 Å². The second kappa shape index (κ2) is 6.07. The average Bonchev–Trinajstić information content (AvgIpc) is 2.38. The molecule has 5 nitrogen and oxygen atoms in total. The van der Waals surface area contributed by atoms with Gasteiger partial charge in [-0.05, 0) is 31.0 Å². The Morgan fingerprint density at radius 3 is 2.55 bits per heavy atom. The number of carbonyl (C=O) groups excluding carboxylic acids is 1. The van der Waals surface area contributed by atoms with E-state index in [1.165, 1.54) is 0 Å². The molecule has 0 aliphatic carbocycles. The van der Waals surface area contributed by atoms with Gasteiger partial charge in [0.2, 0.25) is 0 Å². The molecule has 0 aromatic heterocycles. The summed E-state index contributed by atoms with van der Waals surface area (Å²) in [6.45, 7) is 1.10. The zero-order valence-corrected chi connectivity index (χ0v) is 12.0. The third-order valence-electron chi connectivity index (χ3n) is 2.97. The Morgan fingerprint density at radius 2 is 1.95 bits per heavy atom. The molecular weight excluding hydrogens is 309 g/mol. The van der Waals surface area contributed by atoms with Crippen LogP contribution in [0, 0.1) is 5.82 Å². The molecule has 0 atom stereocenters. The minimum absolute atomic E-state index is 0.0597. The Hall–Kier alpha value is -1.18. The van der Waals surface area contributed by atoms with Crippen LogP contribution in [0.2, 0.25) is 0 Å². The monoisotopic (exact) mass is 321 g/mol. The molecule has 2 rings (SSSR count). The van der Waals surface area contributed by atoms with Crippen molar-refractivity contribution >= 4 is 25.6 Å². The summed E-state index contributed by atoms with van der Waals surface area (Å²) in [5, 5.41) is 2.72. The minimum Gasteiger partial charge on any atom is -0.381 e. The van der Waals surface area contributed by atoms with Gasteiger partial charge in [-0.2, -0.15) is 0 Å². The predicted octanol–water partition coefficient (Wildman–Crippen LogP) is 1.66. The van der Waals surface area contributed by atoms with Crippen LogP contribution in [0.4, 0.5) is 4.39 Å². The molecule has 1 amide bonds. The first-order valence-corrected chi connectivity index (χ1v) is 8.31. The summed E-state index contributed by atoms with van der Waals surface area (Å²) in [6.07, 6.45) is 1.34. The average molecular weight is 322 g/mol. The first-order chi connectivity index (χ1) is 9.36. The maximum atomic E-state index is 13.4. The van der Waals surface area contributed by atoms with Crippen molar-refractivity contribution < 1.29 is 22.3 Å². The molecule has 1 aliphatic heterocycles. The van der Waals surface area contributed by atoms with Gasteiger partial charge in [-0.3, -0.25) is 4.79 Å². The zero-order chi connectivity index (χ0) is 14.8. The number of benzene rings is 1. The largest absolute Gasteiger partial charge is 0.381 e. The topological polar surface area (TPSA) is 72.5 Å². The summed E-state index contributed by atoms with van der Waals surface area (Å²) in [6, 6.07) is 2.74. The number of ether oxygens (including phenoxy) is 1. The highest BCUT2D eigenvalue weighted by Gasteiger charge is 2.20. The van der Waals surface area contributed by atoms with Crippen LogP contribution in [-0.2, 0) is 13.8 Å². The standard InChI is InChI=1S/C12H13ClFNO4S/c13-20(17,18)11-6-8(5-9(14)7-11)12(16)15-10-1-3-19-4-2-10/h5-7,10H,1-4H2,(H,15,16). The lowest BCUT2D eigenvalue weighted by Crippen LogP contribution is -2.38. The fourth-order valence-electron chi connectivity index (χ4n) is 1.95. The van der Waals surface area contributed by atoms with Crippen LogP contribution in [0.25, 0.3) is 0 Å². The number of amides is 1. The highest BCUT2D eigenvalue weighted by Crippen LogP contribution is 2.19. The van der Waals surface area contributed by atoms with E-state index in [0.717, 1.165) is 18.2 Å². The minimum atomic E-state index is -4.08. The maximum Gasteiger partial charge on any atom is 0.261 e. The Morgan fingerprint density at radius 1 is 1.30 bits per heavy atom. The molecule has 0 unspecified atom stereocenters. The lowest BCUT2D eigenvalue weighted by atomic mass is 10.1. The summed E-state index contributed by atoms with van der Waals surface area (Å²) in [7, 11) is 1.07. The summed E-state index contributed by atoms with van der Waals surface area (Å²) in [5.74, 6) is -1.36. The molecular formula is C12H13ClFNO4S. The first-order valence-electron chi connectivity index (χ1n) is 6.00. The number of carbonyl (C=O) groups is 1. The van der Waals surface area contributed by atoms with Gasteiger partial charge in [0.15, 0.2) is 0 Å². The quantitative estimate of drug-likeness (QED) is 0.859. The number of hydrogen-bond donors (Lipinski definition) is 1. The van der Waals surface area contributed by atoms with E-state index in [4.69, 9.17) is 15.4 Å². The Labute approximate surface area is 120 Å². The van der Waals surface area contributed by atoms with Crippen LogP contribution in [-0.4, -0.2) is 33.6 Å². The summed E-state index contributed by atoms with van der Waals surface area (Å²) in [5.41, 5.74) is -0.0734. The van der Waals surface area contributed by atoms with E-state index in [1.54, 1.807) is 0 Å². The molecule has 1 aromatic carbocycles. The molecule has 0 spiro atoms. The van der Waals surface area contributed by atoms with Crippen LogP contribution >= 0.6 is 10.7 Å². The Balaban J connectivity index is 2.19. The number of hydrogen-bond acceptors (Lipinski definition) is 4. The van der Waals surface area contributed by atoms with Crippen molar-refractivity contribution in [1.82, 2.24) is 5.32 Å². The molecule has 1 heterocycles. The van der Waals surface area contributed by atoms with Gasteiger partial charge in [0.25, 0.3) is 15.0 Å². The van der Waals surface area contributed by atoms with Gasteiger partial charge >= 0.3 is 0 Å². The maximum absolute atomic E-state index is 13.4. The van der Waals surface area contributed by atoms with E-state index < -0.39 is 25.7 Å². The molecule has 20 heavy (non-hydrogen) atoms. The van der Waals surface area contributed by atoms with Crippen LogP contribution in [0.15, 0.2) is 23.1 Å². The van der Waals surface area contributed by atoms with Gasteiger partial charge in [0.05, 0.1) is 4.90 Å². The van der Waals surface area contributed by atoms with Gasteiger partial charge in [-0.25, -0.2) is 12.8 Å². The molecule has 1 fully saturated rings. The molecule has 110 valence electrons. The lowest BCUT2D eigenvalue weighted by molar-refractivity contribution is 0.0696. The Bertz CT molecular complexity index is 614. The summed E-state index contributed by atoms with van der Waals surface area (Å²) >= 11 is 0. The third kappa shape index (κ3) is 3.91. The van der Waals surface area contributed by atoms with E-state index in [2.05, 4.69) is 5.32 Å². The third-order valence-corrected chi connectivity index (χ3v) is 4.30. The van der Waals surface area contributed by atoms with E-state index in [1.807, 2.05) is 0 Å². The van der Waals surface area contributed by atoms with Gasteiger partial charge < -0.3 is 10.1 Å². The fourth-order valence-corrected chi connectivity index (χ4v) is 2.73. The van der Waals surface area contributed by atoms with Gasteiger partial charge in [-0.15, -0.1) is 0 Å². The number of halogens is 2. The SMILES string of the molecule is O=C(NC1CCOCC1)c1cc(F)cc(S(=O)(=O)Cl)c1. The lowest BCUT2D eigenvalue weighted by Gasteiger charge is -2.23. The second-order valence-corrected chi connectivity index (χ2v) is 7.04. The number of rotatable bonds is 3. The van der Waals surface area contributed by atoms with Crippen molar-refractivity contribution in [2.75, 3.05) is 13.2 Å². The highest BCUT2D eigenvalue weighted by atomic mass is 35.7. The Kier molecular flexibility index (Phi) is 4.62. The van der Waals surface area contributed by atoms with Crippen LogP contribution in [0.5, 0.6) is 0 Å². The molecule has 1 N–H and O–H groups in total. The van der Waals surface area contributed by atoms with E-state index in [0.29, 0.717) is 26.1 Å². The smallest absolute Gasteiger partial charge is 0.261 e. The first kappa shape index (κ1) is 15.2. The number of nitrogens with one attached hydrogen (secondary N) is 1. The molecule has 1 saturated heterocycles. The summed E-state index contributed by atoms with van der Waals surface area (Å²) in [4.78, 5) is 11.6.